The fourth-order valence-electron chi connectivity index (χ4n) is 1.07. The van der Waals surface area contributed by atoms with Crippen molar-refractivity contribution in [1.29, 1.82) is 0 Å². The van der Waals surface area contributed by atoms with Gasteiger partial charge in [-0.3, -0.25) is 4.79 Å². The zero-order chi connectivity index (χ0) is 9.56. The maximum absolute atomic E-state index is 11.3. The molecule has 0 rings (SSSR count). The first-order chi connectivity index (χ1) is 5.57. The van der Waals surface area contributed by atoms with E-state index in [1.807, 2.05) is 20.8 Å². The van der Waals surface area contributed by atoms with Crippen molar-refractivity contribution in [2.24, 2.45) is 5.92 Å². The van der Waals surface area contributed by atoms with Crippen molar-refractivity contribution >= 4 is 5.91 Å². The Kier molecular flexibility index (Phi) is 5.77. The van der Waals surface area contributed by atoms with Crippen LogP contribution in [-0.2, 0) is 4.79 Å². The Morgan fingerprint density at radius 2 is 1.92 bits per heavy atom. The highest BCUT2D eigenvalue weighted by atomic mass is 16.1. The van der Waals surface area contributed by atoms with Crippen molar-refractivity contribution < 1.29 is 4.79 Å². The Balaban J connectivity index is 3.61. The molecule has 0 spiro atoms. The lowest BCUT2D eigenvalue weighted by Crippen LogP contribution is -2.34. The fraction of sp³-hybridized carbons (Fsp3) is 0.900. The Morgan fingerprint density at radius 1 is 1.33 bits per heavy atom. The molecule has 72 valence electrons. The SMILES string of the molecule is CCCC[C@H](C)C(=O)NC(C)C. The van der Waals surface area contributed by atoms with Gasteiger partial charge in [0.05, 0.1) is 0 Å². The molecule has 0 saturated heterocycles. The van der Waals surface area contributed by atoms with Gasteiger partial charge in [0.15, 0.2) is 0 Å². The molecule has 0 aliphatic heterocycles. The summed E-state index contributed by atoms with van der Waals surface area (Å²) >= 11 is 0. The normalized spacial score (nSPS) is 13.1. The number of amides is 1. The summed E-state index contributed by atoms with van der Waals surface area (Å²) in [5.41, 5.74) is 0. The summed E-state index contributed by atoms with van der Waals surface area (Å²) in [6.07, 6.45) is 3.32. The van der Waals surface area contributed by atoms with Crippen molar-refractivity contribution in [1.82, 2.24) is 5.32 Å². The number of rotatable bonds is 5. The van der Waals surface area contributed by atoms with Crippen LogP contribution in [0.5, 0.6) is 0 Å². The summed E-state index contributed by atoms with van der Waals surface area (Å²) in [7, 11) is 0. The first-order valence-electron chi connectivity index (χ1n) is 4.88. The third-order valence-corrected chi connectivity index (χ3v) is 1.87. The van der Waals surface area contributed by atoms with E-state index in [2.05, 4.69) is 12.2 Å². The highest BCUT2D eigenvalue weighted by Gasteiger charge is 2.11. The van der Waals surface area contributed by atoms with Gasteiger partial charge in [-0.15, -0.1) is 0 Å². The predicted octanol–water partition coefficient (Wildman–Crippen LogP) is 2.34. The second-order valence-electron chi connectivity index (χ2n) is 3.71. The Bertz CT molecular complexity index is 132. The van der Waals surface area contributed by atoms with Crippen molar-refractivity contribution in [3.8, 4) is 0 Å². The van der Waals surface area contributed by atoms with Gasteiger partial charge >= 0.3 is 0 Å². The molecule has 0 saturated carbocycles. The molecule has 0 fully saturated rings. The van der Waals surface area contributed by atoms with Crippen LogP contribution in [0.4, 0.5) is 0 Å². The molecule has 1 atom stereocenters. The first-order valence-corrected chi connectivity index (χ1v) is 4.88. The van der Waals surface area contributed by atoms with Crippen LogP contribution in [0.2, 0.25) is 0 Å². The van der Waals surface area contributed by atoms with Gasteiger partial charge in [0.1, 0.15) is 0 Å². The minimum absolute atomic E-state index is 0.173. The predicted molar refractivity (Wildman–Crippen MR) is 52.0 cm³/mol. The van der Waals surface area contributed by atoms with E-state index >= 15 is 0 Å². The van der Waals surface area contributed by atoms with Crippen LogP contribution in [-0.4, -0.2) is 11.9 Å². The topological polar surface area (TPSA) is 29.1 Å². The Hall–Kier alpha value is -0.530. The molecule has 0 aliphatic rings. The van der Waals surface area contributed by atoms with E-state index in [-0.39, 0.29) is 17.9 Å². The molecule has 12 heavy (non-hydrogen) atoms. The molecule has 0 aromatic carbocycles. The van der Waals surface area contributed by atoms with Gasteiger partial charge in [-0.05, 0) is 20.3 Å². The molecule has 0 aromatic heterocycles. The first kappa shape index (κ1) is 11.5. The van der Waals surface area contributed by atoms with Crippen LogP contribution in [0.1, 0.15) is 47.0 Å². The van der Waals surface area contributed by atoms with E-state index < -0.39 is 0 Å². The van der Waals surface area contributed by atoms with Gasteiger partial charge in [-0.1, -0.05) is 26.7 Å². The lowest BCUT2D eigenvalue weighted by atomic mass is 10.0. The van der Waals surface area contributed by atoms with Gasteiger partial charge in [0.25, 0.3) is 0 Å². The second kappa shape index (κ2) is 6.04. The lowest BCUT2D eigenvalue weighted by molar-refractivity contribution is -0.125. The molecule has 1 N–H and O–H groups in total. The van der Waals surface area contributed by atoms with Gasteiger partial charge in [-0.25, -0.2) is 0 Å². The quantitative estimate of drug-likeness (QED) is 0.676. The van der Waals surface area contributed by atoms with Crippen LogP contribution < -0.4 is 5.32 Å². The summed E-state index contributed by atoms with van der Waals surface area (Å²) in [6, 6.07) is 0.265. The maximum Gasteiger partial charge on any atom is 0.223 e. The molecule has 0 bridgehead atoms. The minimum atomic E-state index is 0.173. The van der Waals surface area contributed by atoms with Crippen molar-refractivity contribution in [2.75, 3.05) is 0 Å². The molecule has 0 unspecified atom stereocenters. The van der Waals surface area contributed by atoms with Crippen LogP contribution in [0.15, 0.2) is 0 Å². The van der Waals surface area contributed by atoms with Crippen molar-refractivity contribution in [3.05, 3.63) is 0 Å². The zero-order valence-electron chi connectivity index (χ0n) is 8.68. The van der Waals surface area contributed by atoms with Gasteiger partial charge in [-0.2, -0.15) is 0 Å². The van der Waals surface area contributed by atoms with E-state index in [9.17, 15) is 4.79 Å². The van der Waals surface area contributed by atoms with Gasteiger partial charge in [0.2, 0.25) is 5.91 Å². The van der Waals surface area contributed by atoms with E-state index in [4.69, 9.17) is 0 Å². The minimum Gasteiger partial charge on any atom is -0.354 e. The molecule has 2 heteroatoms. The monoisotopic (exact) mass is 171 g/mol. The highest BCUT2D eigenvalue weighted by molar-refractivity contribution is 5.78. The number of unbranched alkanes of at least 4 members (excludes halogenated alkanes) is 1. The largest absolute Gasteiger partial charge is 0.354 e. The van der Waals surface area contributed by atoms with E-state index in [0.29, 0.717) is 0 Å². The number of hydrogen-bond acceptors (Lipinski definition) is 1. The summed E-state index contributed by atoms with van der Waals surface area (Å²) in [6.45, 7) is 8.12. The average molecular weight is 171 g/mol. The van der Waals surface area contributed by atoms with Crippen molar-refractivity contribution in [3.63, 3.8) is 0 Å². The maximum atomic E-state index is 11.3. The van der Waals surface area contributed by atoms with Gasteiger partial charge in [0, 0.05) is 12.0 Å². The third-order valence-electron chi connectivity index (χ3n) is 1.87. The summed E-state index contributed by atoms with van der Waals surface area (Å²) in [4.78, 5) is 11.3. The van der Waals surface area contributed by atoms with Crippen LogP contribution >= 0.6 is 0 Å². The van der Waals surface area contributed by atoms with E-state index in [1.54, 1.807) is 0 Å². The molecular formula is C10H21NO. The second-order valence-corrected chi connectivity index (χ2v) is 3.71. The van der Waals surface area contributed by atoms with Gasteiger partial charge < -0.3 is 5.32 Å². The number of hydrogen-bond donors (Lipinski definition) is 1. The fourth-order valence-corrected chi connectivity index (χ4v) is 1.07. The smallest absolute Gasteiger partial charge is 0.223 e. The average Bonchev–Trinajstić information content (AvgIpc) is 1.98. The molecular weight excluding hydrogens is 150 g/mol. The molecule has 0 heterocycles. The zero-order valence-corrected chi connectivity index (χ0v) is 8.68. The lowest BCUT2D eigenvalue weighted by Gasteiger charge is -2.13. The number of carbonyl (C=O) groups excluding carboxylic acids is 1. The summed E-state index contributed by atoms with van der Waals surface area (Å²) in [5.74, 6) is 0.366. The molecule has 0 radical (unpaired) electrons. The number of nitrogens with one attached hydrogen (secondary N) is 1. The van der Waals surface area contributed by atoms with Crippen LogP contribution in [0.3, 0.4) is 0 Å². The Morgan fingerprint density at radius 3 is 2.33 bits per heavy atom. The van der Waals surface area contributed by atoms with Crippen molar-refractivity contribution in [2.45, 2.75) is 53.0 Å². The third kappa shape index (κ3) is 5.16. The Labute approximate surface area is 75.7 Å². The molecule has 0 aromatic rings. The van der Waals surface area contributed by atoms with E-state index in [0.717, 1.165) is 12.8 Å². The molecule has 2 nitrogen and oxygen atoms in total. The summed E-state index contributed by atoms with van der Waals surface area (Å²) in [5, 5.41) is 2.91. The number of carbonyl (C=O) groups is 1. The van der Waals surface area contributed by atoms with Crippen LogP contribution in [0, 0.1) is 5.92 Å². The highest BCUT2D eigenvalue weighted by Crippen LogP contribution is 2.07. The van der Waals surface area contributed by atoms with E-state index in [1.165, 1.54) is 6.42 Å². The standard InChI is InChI=1S/C10H21NO/c1-5-6-7-9(4)10(12)11-8(2)3/h8-9H,5-7H2,1-4H3,(H,11,12)/t9-/m0/s1. The molecule has 1 amide bonds. The summed E-state index contributed by atoms with van der Waals surface area (Å²) < 4.78 is 0. The van der Waals surface area contributed by atoms with Crippen LogP contribution in [0.25, 0.3) is 0 Å². The molecule has 0 aliphatic carbocycles.